The van der Waals surface area contributed by atoms with Crippen LogP contribution in [0.1, 0.15) is 36.7 Å². The summed E-state index contributed by atoms with van der Waals surface area (Å²) in [5.74, 6) is -0.668. The number of aliphatic hydroxyl groups excluding tert-OH is 1. The molecule has 1 saturated heterocycles. The SMILES string of the molecule is CC(C)COc1cccc(/C(O)=C2/C(=O)C(=O)N(Cc3ccccn3)C2c2ccccc2)c1. The van der Waals surface area contributed by atoms with Gasteiger partial charge in [-0.2, -0.15) is 0 Å². The highest BCUT2D eigenvalue weighted by molar-refractivity contribution is 6.46. The summed E-state index contributed by atoms with van der Waals surface area (Å²) in [5.41, 5.74) is 1.88. The van der Waals surface area contributed by atoms with Gasteiger partial charge >= 0.3 is 0 Å². The van der Waals surface area contributed by atoms with E-state index in [9.17, 15) is 14.7 Å². The topological polar surface area (TPSA) is 79.7 Å². The molecular formula is C27H26N2O4. The van der Waals surface area contributed by atoms with Crippen molar-refractivity contribution in [2.45, 2.75) is 26.4 Å². The summed E-state index contributed by atoms with van der Waals surface area (Å²) in [6.45, 7) is 4.78. The third-order valence-corrected chi connectivity index (χ3v) is 5.40. The molecule has 1 aliphatic rings. The number of nitrogens with zero attached hydrogens (tertiary/aromatic N) is 2. The number of amides is 1. The van der Waals surface area contributed by atoms with Crippen LogP contribution in [0.5, 0.6) is 5.75 Å². The van der Waals surface area contributed by atoms with Gasteiger partial charge in [0.1, 0.15) is 11.5 Å². The predicted molar refractivity (Wildman–Crippen MR) is 125 cm³/mol. The van der Waals surface area contributed by atoms with Gasteiger partial charge in [-0.1, -0.05) is 62.4 Å². The van der Waals surface area contributed by atoms with Crippen LogP contribution in [-0.4, -0.2) is 33.3 Å². The maximum absolute atomic E-state index is 13.1. The monoisotopic (exact) mass is 442 g/mol. The third kappa shape index (κ3) is 4.80. The molecular weight excluding hydrogens is 416 g/mol. The summed E-state index contributed by atoms with van der Waals surface area (Å²) in [6, 6.07) is 20.9. The van der Waals surface area contributed by atoms with E-state index in [0.717, 1.165) is 5.56 Å². The Bertz CT molecular complexity index is 1170. The van der Waals surface area contributed by atoms with E-state index in [1.807, 2.05) is 50.2 Å². The Morgan fingerprint density at radius 1 is 1.03 bits per heavy atom. The Hall–Kier alpha value is -3.93. The number of likely N-dealkylation sites (tertiary alicyclic amines) is 1. The molecule has 168 valence electrons. The maximum Gasteiger partial charge on any atom is 0.296 e. The molecule has 6 heteroatoms. The molecule has 1 aromatic heterocycles. The zero-order valence-corrected chi connectivity index (χ0v) is 18.6. The van der Waals surface area contributed by atoms with Crippen molar-refractivity contribution in [2.24, 2.45) is 5.92 Å². The smallest absolute Gasteiger partial charge is 0.296 e. The second-order valence-corrected chi connectivity index (χ2v) is 8.39. The molecule has 0 bridgehead atoms. The lowest BCUT2D eigenvalue weighted by molar-refractivity contribution is -0.140. The van der Waals surface area contributed by atoms with Gasteiger partial charge < -0.3 is 14.7 Å². The van der Waals surface area contributed by atoms with E-state index in [1.165, 1.54) is 4.90 Å². The number of carbonyl (C=O) groups excluding carboxylic acids is 2. The number of aliphatic hydroxyl groups is 1. The lowest BCUT2D eigenvalue weighted by Crippen LogP contribution is -2.29. The summed E-state index contributed by atoms with van der Waals surface area (Å²) in [4.78, 5) is 32.0. The number of ether oxygens (including phenoxy) is 1. The molecule has 2 heterocycles. The van der Waals surface area contributed by atoms with Crippen LogP contribution in [0.4, 0.5) is 0 Å². The number of Topliss-reactive ketones (excluding diaryl/α,β-unsaturated/α-hetero) is 1. The fraction of sp³-hybridized carbons (Fsp3) is 0.222. The van der Waals surface area contributed by atoms with Gasteiger partial charge in [-0.3, -0.25) is 14.6 Å². The van der Waals surface area contributed by atoms with E-state index in [1.54, 1.807) is 42.6 Å². The number of hydrogen-bond acceptors (Lipinski definition) is 5. The van der Waals surface area contributed by atoms with Gasteiger partial charge in [0.25, 0.3) is 11.7 Å². The second kappa shape index (κ2) is 9.69. The largest absolute Gasteiger partial charge is 0.507 e. The molecule has 1 N–H and O–H groups in total. The minimum absolute atomic E-state index is 0.0585. The van der Waals surface area contributed by atoms with Crippen molar-refractivity contribution in [1.82, 2.24) is 9.88 Å². The van der Waals surface area contributed by atoms with Crippen LogP contribution in [0.3, 0.4) is 0 Å². The molecule has 1 amide bonds. The van der Waals surface area contributed by atoms with Crippen molar-refractivity contribution in [1.29, 1.82) is 0 Å². The lowest BCUT2D eigenvalue weighted by atomic mass is 9.95. The van der Waals surface area contributed by atoms with Crippen molar-refractivity contribution in [3.63, 3.8) is 0 Å². The molecule has 0 spiro atoms. The highest BCUT2D eigenvalue weighted by atomic mass is 16.5. The van der Waals surface area contributed by atoms with E-state index < -0.39 is 17.7 Å². The van der Waals surface area contributed by atoms with E-state index in [0.29, 0.717) is 29.5 Å². The third-order valence-electron chi connectivity index (χ3n) is 5.40. The molecule has 3 aromatic rings. The first kappa shape index (κ1) is 22.3. The van der Waals surface area contributed by atoms with E-state index in [4.69, 9.17) is 4.74 Å². The van der Waals surface area contributed by atoms with Crippen molar-refractivity contribution < 1.29 is 19.4 Å². The van der Waals surface area contributed by atoms with Crippen LogP contribution in [0.2, 0.25) is 0 Å². The summed E-state index contributed by atoms with van der Waals surface area (Å²) >= 11 is 0. The molecule has 1 fully saturated rings. The van der Waals surface area contributed by atoms with Crippen molar-refractivity contribution >= 4 is 17.4 Å². The number of rotatable bonds is 7. The molecule has 4 rings (SSSR count). The summed E-state index contributed by atoms with van der Waals surface area (Å²) in [6.07, 6.45) is 1.64. The van der Waals surface area contributed by atoms with Crippen LogP contribution < -0.4 is 4.74 Å². The maximum atomic E-state index is 13.1. The first-order valence-corrected chi connectivity index (χ1v) is 10.9. The molecule has 2 aromatic carbocycles. The van der Waals surface area contributed by atoms with Crippen LogP contribution in [0, 0.1) is 5.92 Å². The van der Waals surface area contributed by atoms with Crippen molar-refractivity contribution in [2.75, 3.05) is 6.61 Å². The molecule has 6 nitrogen and oxygen atoms in total. The molecule has 1 unspecified atom stereocenters. The standard InChI is InChI=1S/C27H26N2O4/c1-18(2)17-33-22-13-8-11-20(15-22)25(30)23-24(19-9-4-3-5-10-19)29(27(32)26(23)31)16-21-12-6-7-14-28-21/h3-15,18,24,30H,16-17H2,1-2H3/b25-23-. The first-order chi connectivity index (χ1) is 16.0. The second-order valence-electron chi connectivity index (χ2n) is 8.39. The van der Waals surface area contributed by atoms with E-state index in [2.05, 4.69) is 4.98 Å². The number of aromatic nitrogens is 1. The Balaban J connectivity index is 1.78. The fourth-order valence-electron chi connectivity index (χ4n) is 3.84. The molecule has 1 aliphatic heterocycles. The van der Waals surface area contributed by atoms with Crippen LogP contribution in [0.25, 0.3) is 5.76 Å². The molecule has 0 radical (unpaired) electrons. The van der Waals surface area contributed by atoms with Crippen molar-refractivity contribution in [3.8, 4) is 5.75 Å². The van der Waals surface area contributed by atoms with Gasteiger partial charge in [0.2, 0.25) is 0 Å². The zero-order valence-electron chi connectivity index (χ0n) is 18.6. The zero-order chi connectivity index (χ0) is 23.4. The normalized spacial score (nSPS) is 17.5. The first-order valence-electron chi connectivity index (χ1n) is 10.9. The van der Waals surface area contributed by atoms with Gasteiger partial charge in [-0.05, 0) is 35.7 Å². The average Bonchev–Trinajstić information content (AvgIpc) is 3.08. The van der Waals surface area contributed by atoms with Gasteiger partial charge in [-0.25, -0.2) is 0 Å². The number of hydrogen-bond donors (Lipinski definition) is 1. The van der Waals surface area contributed by atoms with Gasteiger partial charge in [0, 0.05) is 11.8 Å². The summed E-state index contributed by atoms with van der Waals surface area (Å²) in [7, 11) is 0. The highest BCUT2D eigenvalue weighted by Crippen LogP contribution is 2.40. The Kier molecular flexibility index (Phi) is 6.54. The Morgan fingerprint density at radius 2 is 1.79 bits per heavy atom. The Morgan fingerprint density at radius 3 is 2.48 bits per heavy atom. The molecule has 33 heavy (non-hydrogen) atoms. The number of pyridine rings is 1. The van der Waals surface area contributed by atoms with Crippen LogP contribution >= 0.6 is 0 Å². The summed E-state index contributed by atoms with van der Waals surface area (Å²) in [5, 5.41) is 11.2. The average molecular weight is 443 g/mol. The molecule has 0 saturated carbocycles. The highest BCUT2D eigenvalue weighted by Gasteiger charge is 2.46. The minimum Gasteiger partial charge on any atom is -0.507 e. The van der Waals surface area contributed by atoms with E-state index in [-0.39, 0.29) is 17.9 Å². The van der Waals surface area contributed by atoms with Gasteiger partial charge in [-0.15, -0.1) is 0 Å². The van der Waals surface area contributed by atoms with Gasteiger partial charge in [0.05, 0.1) is 30.5 Å². The van der Waals surface area contributed by atoms with Crippen LogP contribution in [-0.2, 0) is 16.1 Å². The Labute approximate surface area is 193 Å². The number of carbonyl (C=O) groups is 2. The number of benzene rings is 2. The quantitative estimate of drug-likeness (QED) is 0.325. The van der Waals surface area contributed by atoms with Crippen LogP contribution in [0.15, 0.2) is 84.6 Å². The molecule has 1 atom stereocenters. The minimum atomic E-state index is -0.728. The predicted octanol–water partition coefficient (Wildman–Crippen LogP) is 4.74. The molecule has 0 aliphatic carbocycles. The van der Waals surface area contributed by atoms with Gasteiger partial charge in [0.15, 0.2) is 0 Å². The van der Waals surface area contributed by atoms with Crippen molar-refractivity contribution in [3.05, 3.63) is 101 Å². The lowest BCUT2D eigenvalue weighted by Gasteiger charge is -2.25. The van der Waals surface area contributed by atoms with E-state index >= 15 is 0 Å². The number of ketones is 1. The summed E-state index contributed by atoms with van der Waals surface area (Å²) < 4.78 is 5.78. The fourth-order valence-corrected chi connectivity index (χ4v) is 3.84.